The first kappa shape index (κ1) is 20.7. The van der Waals surface area contributed by atoms with E-state index in [9.17, 15) is 18.7 Å². The number of amides is 1. The molecule has 1 heterocycles. The highest BCUT2D eigenvalue weighted by Crippen LogP contribution is 2.20. The van der Waals surface area contributed by atoms with E-state index in [-0.39, 0.29) is 24.7 Å². The zero-order valence-corrected chi connectivity index (χ0v) is 16.0. The molecule has 0 aliphatic heterocycles. The molecule has 7 nitrogen and oxygen atoms in total. The number of hydrogen-bond donors (Lipinski definition) is 2. The van der Waals surface area contributed by atoms with Gasteiger partial charge in [0.25, 0.3) is 5.91 Å². The number of nitrogens with one attached hydrogen (secondary N) is 1. The van der Waals surface area contributed by atoms with Crippen molar-refractivity contribution in [2.45, 2.75) is 13.0 Å². The molecular weight excluding hydrogens is 406 g/mol. The maximum absolute atomic E-state index is 13.1. The largest absolute Gasteiger partial charge is 0.491 e. The summed E-state index contributed by atoms with van der Waals surface area (Å²) in [5.41, 5.74) is 0.582. The minimum atomic E-state index is -1.08. The van der Waals surface area contributed by atoms with Crippen LogP contribution in [0.5, 0.6) is 5.75 Å². The van der Waals surface area contributed by atoms with E-state index >= 15 is 0 Å². The van der Waals surface area contributed by atoms with E-state index in [1.807, 2.05) is 0 Å². The standard InChI is InChI=1S/C19H17ClF2N4O3/c1-11-24-18(25-26(11)17-5-3-2-4-14(17)20)19(28)23-9-12(27)10-29-13-6-7-15(21)16(22)8-13/h2-8,12,27H,9-10H2,1H3,(H,23,28). The van der Waals surface area contributed by atoms with Gasteiger partial charge < -0.3 is 15.2 Å². The minimum absolute atomic E-state index is 0.0602. The lowest BCUT2D eigenvalue weighted by Gasteiger charge is -2.12. The summed E-state index contributed by atoms with van der Waals surface area (Å²) in [6, 6.07) is 10.0. The van der Waals surface area contributed by atoms with Crippen LogP contribution >= 0.6 is 11.6 Å². The highest BCUT2D eigenvalue weighted by molar-refractivity contribution is 6.32. The summed E-state index contributed by atoms with van der Waals surface area (Å²) in [5, 5.41) is 17.0. The summed E-state index contributed by atoms with van der Waals surface area (Å²) in [6.07, 6.45) is -1.08. The number of ether oxygens (including phenoxy) is 1. The number of benzene rings is 2. The number of rotatable bonds is 7. The summed E-state index contributed by atoms with van der Waals surface area (Å²) in [7, 11) is 0. The number of aliphatic hydroxyl groups is 1. The van der Waals surface area contributed by atoms with Gasteiger partial charge in [-0.3, -0.25) is 4.79 Å². The zero-order valence-electron chi connectivity index (χ0n) is 15.3. The van der Waals surface area contributed by atoms with E-state index in [4.69, 9.17) is 16.3 Å². The molecule has 3 aromatic rings. The van der Waals surface area contributed by atoms with Gasteiger partial charge in [-0.25, -0.2) is 18.4 Å². The van der Waals surface area contributed by atoms with Crippen molar-refractivity contribution in [1.29, 1.82) is 0 Å². The van der Waals surface area contributed by atoms with Gasteiger partial charge >= 0.3 is 0 Å². The Bertz CT molecular complexity index is 1030. The van der Waals surface area contributed by atoms with Gasteiger partial charge in [0, 0.05) is 12.6 Å². The van der Waals surface area contributed by atoms with E-state index in [0.717, 1.165) is 12.1 Å². The third kappa shape index (κ3) is 5.07. The normalized spacial score (nSPS) is 11.9. The highest BCUT2D eigenvalue weighted by atomic mass is 35.5. The van der Waals surface area contributed by atoms with Gasteiger partial charge in [-0.05, 0) is 31.2 Å². The smallest absolute Gasteiger partial charge is 0.291 e. The summed E-state index contributed by atoms with van der Waals surface area (Å²) >= 11 is 6.15. The molecule has 0 radical (unpaired) electrons. The van der Waals surface area contributed by atoms with E-state index < -0.39 is 23.6 Å². The van der Waals surface area contributed by atoms with Crippen molar-refractivity contribution in [2.24, 2.45) is 0 Å². The van der Waals surface area contributed by atoms with Gasteiger partial charge in [0.1, 0.15) is 24.3 Å². The first-order valence-electron chi connectivity index (χ1n) is 8.58. The third-order valence-corrected chi connectivity index (χ3v) is 4.20. The zero-order chi connectivity index (χ0) is 21.0. The number of hydrogen-bond acceptors (Lipinski definition) is 5. The first-order chi connectivity index (χ1) is 13.8. The Morgan fingerprint density at radius 1 is 1.28 bits per heavy atom. The number of aliphatic hydroxyl groups excluding tert-OH is 1. The topological polar surface area (TPSA) is 89.3 Å². The molecule has 0 aliphatic rings. The van der Waals surface area contributed by atoms with Crippen LogP contribution in [-0.4, -0.2) is 45.0 Å². The predicted molar refractivity (Wildman–Crippen MR) is 101 cm³/mol. The number of carbonyl (C=O) groups is 1. The quantitative estimate of drug-likeness (QED) is 0.611. The van der Waals surface area contributed by atoms with Crippen molar-refractivity contribution in [3.05, 3.63) is 70.8 Å². The number of aromatic nitrogens is 3. The monoisotopic (exact) mass is 422 g/mol. The average molecular weight is 423 g/mol. The number of halogens is 3. The molecule has 2 N–H and O–H groups in total. The Kier molecular flexibility index (Phi) is 6.40. The summed E-state index contributed by atoms with van der Waals surface area (Å²) < 4.78 is 32.6. The van der Waals surface area contributed by atoms with E-state index in [0.29, 0.717) is 16.5 Å². The average Bonchev–Trinajstić information content (AvgIpc) is 3.09. The van der Waals surface area contributed by atoms with Gasteiger partial charge in [-0.1, -0.05) is 23.7 Å². The third-order valence-electron chi connectivity index (χ3n) is 3.88. The van der Waals surface area contributed by atoms with Crippen LogP contribution in [0.25, 0.3) is 5.69 Å². The lowest BCUT2D eigenvalue weighted by atomic mass is 10.3. The molecule has 0 aliphatic carbocycles. The molecule has 2 aromatic carbocycles. The minimum Gasteiger partial charge on any atom is -0.491 e. The van der Waals surface area contributed by atoms with Crippen LogP contribution in [0.1, 0.15) is 16.4 Å². The molecule has 0 spiro atoms. The Morgan fingerprint density at radius 3 is 2.76 bits per heavy atom. The second-order valence-electron chi connectivity index (χ2n) is 6.10. The van der Waals surface area contributed by atoms with Crippen molar-refractivity contribution < 1.29 is 23.4 Å². The Balaban J connectivity index is 1.56. The number of nitrogens with zero attached hydrogens (tertiary/aromatic N) is 3. The fourth-order valence-corrected chi connectivity index (χ4v) is 2.66. The van der Waals surface area contributed by atoms with Gasteiger partial charge in [-0.15, -0.1) is 5.10 Å². The molecule has 152 valence electrons. The Hall–Kier alpha value is -3.04. The van der Waals surface area contributed by atoms with Crippen LogP contribution in [0.3, 0.4) is 0 Å². The Morgan fingerprint density at radius 2 is 2.03 bits per heavy atom. The second kappa shape index (κ2) is 8.97. The fraction of sp³-hybridized carbons (Fsp3) is 0.211. The molecule has 0 bridgehead atoms. The lowest BCUT2D eigenvalue weighted by molar-refractivity contribution is 0.0835. The SMILES string of the molecule is Cc1nc(C(=O)NCC(O)COc2ccc(F)c(F)c2)nn1-c1ccccc1Cl. The molecular formula is C19H17ClF2N4O3. The summed E-state index contributed by atoms with van der Waals surface area (Å²) in [4.78, 5) is 16.4. The van der Waals surface area contributed by atoms with Crippen LogP contribution in [0.4, 0.5) is 8.78 Å². The van der Waals surface area contributed by atoms with Crippen molar-refractivity contribution in [3.63, 3.8) is 0 Å². The second-order valence-corrected chi connectivity index (χ2v) is 6.50. The van der Waals surface area contributed by atoms with Crippen molar-refractivity contribution in [2.75, 3.05) is 13.2 Å². The number of aryl methyl sites for hydroxylation is 1. The molecule has 10 heteroatoms. The molecule has 0 saturated carbocycles. The number of carbonyl (C=O) groups excluding carboxylic acids is 1. The molecule has 0 saturated heterocycles. The predicted octanol–water partition coefficient (Wildman–Crippen LogP) is 2.68. The molecule has 3 rings (SSSR count). The van der Waals surface area contributed by atoms with Crippen LogP contribution < -0.4 is 10.1 Å². The van der Waals surface area contributed by atoms with Crippen molar-refractivity contribution in [1.82, 2.24) is 20.1 Å². The van der Waals surface area contributed by atoms with Gasteiger partial charge in [0.15, 0.2) is 11.6 Å². The first-order valence-corrected chi connectivity index (χ1v) is 8.95. The van der Waals surface area contributed by atoms with Gasteiger partial charge in [-0.2, -0.15) is 0 Å². The molecule has 29 heavy (non-hydrogen) atoms. The molecule has 1 aromatic heterocycles. The lowest BCUT2D eigenvalue weighted by Crippen LogP contribution is -2.35. The maximum Gasteiger partial charge on any atom is 0.291 e. The van der Waals surface area contributed by atoms with E-state index in [1.54, 1.807) is 31.2 Å². The van der Waals surface area contributed by atoms with Crippen molar-refractivity contribution >= 4 is 17.5 Å². The maximum atomic E-state index is 13.1. The summed E-state index contributed by atoms with van der Waals surface area (Å²) in [6.45, 7) is 1.30. The van der Waals surface area contributed by atoms with Gasteiger partial charge in [0.2, 0.25) is 5.82 Å². The van der Waals surface area contributed by atoms with Crippen LogP contribution in [0.2, 0.25) is 5.02 Å². The fourth-order valence-electron chi connectivity index (χ4n) is 2.45. The van der Waals surface area contributed by atoms with Crippen LogP contribution in [-0.2, 0) is 0 Å². The summed E-state index contributed by atoms with van der Waals surface area (Å²) in [5.74, 6) is -2.21. The van der Waals surface area contributed by atoms with Crippen molar-refractivity contribution in [3.8, 4) is 11.4 Å². The number of para-hydroxylation sites is 1. The molecule has 1 unspecified atom stereocenters. The van der Waals surface area contributed by atoms with Gasteiger partial charge in [0.05, 0.1) is 10.7 Å². The van der Waals surface area contributed by atoms with E-state index in [2.05, 4.69) is 15.4 Å². The molecule has 1 atom stereocenters. The Labute approximate surface area is 169 Å². The highest BCUT2D eigenvalue weighted by Gasteiger charge is 2.17. The van der Waals surface area contributed by atoms with Crippen LogP contribution in [0.15, 0.2) is 42.5 Å². The van der Waals surface area contributed by atoms with E-state index in [1.165, 1.54) is 10.7 Å². The molecule has 1 amide bonds. The van der Waals surface area contributed by atoms with Crippen LogP contribution in [0, 0.1) is 18.6 Å². The molecule has 0 fully saturated rings.